The number of nitroso groups, excluding NO2 is 1. The molecule has 0 fully saturated rings. The Bertz CT molecular complexity index is 275. The largest absolute Gasteiger partial charge is 0.506 e. The van der Waals surface area contributed by atoms with Crippen LogP contribution in [0.25, 0.3) is 0 Å². The maximum Gasteiger partial charge on any atom is 0.151 e. The molecule has 0 atom stereocenters. The van der Waals surface area contributed by atoms with Crippen molar-refractivity contribution >= 4 is 11.4 Å². The molecule has 0 saturated heterocycles. The number of anilines is 1. The van der Waals surface area contributed by atoms with Gasteiger partial charge in [-0.05, 0) is 23.4 Å². The lowest BCUT2D eigenvalue weighted by molar-refractivity contribution is 0.388. The maximum atomic E-state index is 9.98. The van der Waals surface area contributed by atoms with Crippen molar-refractivity contribution < 1.29 is 10.3 Å². The summed E-state index contributed by atoms with van der Waals surface area (Å²) in [7, 11) is 0. The molecule has 58 valence electrons. The monoisotopic (exact) mass is 154 g/mol. The topological polar surface area (TPSA) is 81.9 Å². The van der Waals surface area contributed by atoms with Crippen LogP contribution in [0.5, 0.6) is 5.75 Å². The van der Waals surface area contributed by atoms with Crippen molar-refractivity contribution in [3.8, 4) is 5.75 Å². The third-order valence-electron chi connectivity index (χ3n) is 1.20. The standard InChI is InChI=1S/C6H6N2O3/c9-6-2-1-4(7-10)3-5(6)8-11/h1-3,7,9-10H. The third kappa shape index (κ3) is 1.44. The first-order chi connectivity index (χ1) is 5.27. The van der Waals surface area contributed by atoms with E-state index in [2.05, 4.69) is 5.18 Å². The molecule has 0 aliphatic rings. The number of benzene rings is 1. The lowest BCUT2D eigenvalue weighted by atomic mass is 10.2. The van der Waals surface area contributed by atoms with Crippen molar-refractivity contribution in [1.29, 1.82) is 0 Å². The fourth-order valence-electron chi connectivity index (χ4n) is 0.666. The number of phenols is 1. The summed E-state index contributed by atoms with van der Waals surface area (Å²) in [4.78, 5) is 9.98. The van der Waals surface area contributed by atoms with Crippen molar-refractivity contribution in [1.82, 2.24) is 0 Å². The number of hydrogen-bond donors (Lipinski definition) is 3. The average Bonchev–Trinajstić information content (AvgIpc) is 2.05. The zero-order valence-corrected chi connectivity index (χ0v) is 5.48. The average molecular weight is 154 g/mol. The molecule has 0 aromatic heterocycles. The lowest BCUT2D eigenvalue weighted by Crippen LogP contribution is -1.87. The second-order valence-electron chi connectivity index (χ2n) is 1.91. The van der Waals surface area contributed by atoms with Gasteiger partial charge in [0.1, 0.15) is 5.75 Å². The quantitative estimate of drug-likeness (QED) is 0.343. The van der Waals surface area contributed by atoms with Gasteiger partial charge in [0.25, 0.3) is 0 Å². The smallest absolute Gasteiger partial charge is 0.151 e. The summed E-state index contributed by atoms with van der Waals surface area (Å²) in [5, 5.41) is 19.8. The van der Waals surface area contributed by atoms with E-state index in [1.807, 2.05) is 5.48 Å². The summed E-state index contributed by atoms with van der Waals surface area (Å²) in [6.45, 7) is 0. The first kappa shape index (κ1) is 7.49. The predicted molar refractivity (Wildman–Crippen MR) is 39.0 cm³/mol. The second-order valence-corrected chi connectivity index (χ2v) is 1.91. The highest BCUT2D eigenvalue weighted by atomic mass is 16.5. The minimum Gasteiger partial charge on any atom is -0.506 e. The molecule has 1 aromatic carbocycles. The van der Waals surface area contributed by atoms with E-state index in [4.69, 9.17) is 10.3 Å². The van der Waals surface area contributed by atoms with Gasteiger partial charge >= 0.3 is 0 Å². The second kappa shape index (κ2) is 2.98. The van der Waals surface area contributed by atoms with Crippen LogP contribution < -0.4 is 5.48 Å². The van der Waals surface area contributed by atoms with E-state index >= 15 is 0 Å². The Kier molecular flexibility index (Phi) is 2.03. The van der Waals surface area contributed by atoms with Crippen molar-refractivity contribution in [3.63, 3.8) is 0 Å². The first-order valence-corrected chi connectivity index (χ1v) is 2.84. The predicted octanol–water partition coefficient (Wildman–Crippen LogP) is 1.59. The van der Waals surface area contributed by atoms with E-state index in [-0.39, 0.29) is 11.4 Å². The van der Waals surface area contributed by atoms with Gasteiger partial charge in [0, 0.05) is 0 Å². The van der Waals surface area contributed by atoms with E-state index in [0.29, 0.717) is 5.69 Å². The lowest BCUT2D eigenvalue weighted by Gasteiger charge is -1.99. The van der Waals surface area contributed by atoms with Gasteiger partial charge in [-0.2, -0.15) is 0 Å². The molecule has 1 rings (SSSR count). The van der Waals surface area contributed by atoms with Gasteiger partial charge in [-0.3, -0.25) is 10.7 Å². The molecule has 5 nitrogen and oxygen atoms in total. The van der Waals surface area contributed by atoms with Gasteiger partial charge in [-0.15, -0.1) is 4.91 Å². The number of hydrogen-bond acceptors (Lipinski definition) is 5. The molecule has 0 saturated carbocycles. The molecule has 5 heteroatoms. The maximum absolute atomic E-state index is 9.98. The molecule has 1 aromatic rings. The Balaban J connectivity index is 3.12. The fourth-order valence-corrected chi connectivity index (χ4v) is 0.666. The van der Waals surface area contributed by atoms with Crippen molar-refractivity contribution in [2.45, 2.75) is 0 Å². The Hall–Kier alpha value is -1.62. The summed E-state index contributed by atoms with van der Waals surface area (Å²) >= 11 is 0. The van der Waals surface area contributed by atoms with Gasteiger partial charge in [-0.1, -0.05) is 0 Å². The van der Waals surface area contributed by atoms with E-state index in [1.54, 1.807) is 0 Å². The molecule has 0 unspecified atom stereocenters. The Morgan fingerprint density at radius 1 is 1.45 bits per heavy atom. The molecule has 3 N–H and O–H groups in total. The highest BCUT2D eigenvalue weighted by Crippen LogP contribution is 2.28. The van der Waals surface area contributed by atoms with E-state index < -0.39 is 0 Å². The molecule has 0 aliphatic carbocycles. The zero-order chi connectivity index (χ0) is 8.27. The van der Waals surface area contributed by atoms with Crippen LogP contribution in [0.1, 0.15) is 0 Å². The van der Waals surface area contributed by atoms with Crippen molar-refractivity contribution in [2.24, 2.45) is 5.18 Å². The number of rotatable bonds is 2. The highest BCUT2D eigenvalue weighted by Gasteiger charge is 2.00. The summed E-state index contributed by atoms with van der Waals surface area (Å²) in [5.41, 5.74) is 2.01. The Labute approximate surface area is 62.2 Å². The third-order valence-corrected chi connectivity index (χ3v) is 1.20. The van der Waals surface area contributed by atoms with Crippen LogP contribution in [0.15, 0.2) is 23.4 Å². The minimum absolute atomic E-state index is 0.107. The number of nitrogens with one attached hydrogen (secondary N) is 1. The molecule has 0 aliphatic heterocycles. The highest BCUT2D eigenvalue weighted by molar-refractivity contribution is 5.60. The van der Waals surface area contributed by atoms with Gasteiger partial charge < -0.3 is 5.11 Å². The van der Waals surface area contributed by atoms with Gasteiger partial charge in [0.2, 0.25) is 0 Å². The molecule has 0 heterocycles. The van der Waals surface area contributed by atoms with Crippen LogP contribution in [0.2, 0.25) is 0 Å². The first-order valence-electron chi connectivity index (χ1n) is 2.84. The van der Waals surface area contributed by atoms with Crippen LogP contribution >= 0.6 is 0 Å². The molecular weight excluding hydrogens is 148 g/mol. The summed E-state index contributed by atoms with van der Waals surface area (Å²) in [6, 6.07) is 3.89. The van der Waals surface area contributed by atoms with Crippen LogP contribution in [0, 0.1) is 4.91 Å². The van der Waals surface area contributed by atoms with Crippen LogP contribution in [0.3, 0.4) is 0 Å². The molecule has 0 radical (unpaired) electrons. The molecule has 0 bridgehead atoms. The molecule has 11 heavy (non-hydrogen) atoms. The minimum atomic E-state index is -0.209. The zero-order valence-electron chi connectivity index (χ0n) is 5.48. The SMILES string of the molecule is O=Nc1cc(NO)ccc1O. The molecule has 0 amide bonds. The molecule has 0 spiro atoms. The number of phenolic OH excluding ortho intramolecular Hbond substituents is 1. The van der Waals surface area contributed by atoms with Gasteiger partial charge in [0.05, 0.1) is 5.69 Å². The van der Waals surface area contributed by atoms with Crippen LogP contribution in [-0.2, 0) is 0 Å². The van der Waals surface area contributed by atoms with Gasteiger partial charge in [0.15, 0.2) is 5.69 Å². The van der Waals surface area contributed by atoms with E-state index in [0.717, 1.165) is 0 Å². The molecular formula is C6H6N2O3. The fraction of sp³-hybridized carbons (Fsp3) is 0. The number of aromatic hydroxyl groups is 1. The summed E-state index contributed by atoms with van der Waals surface area (Å²) in [6.07, 6.45) is 0. The van der Waals surface area contributed by atoms with Gasteiger partial charge in [-0.25, -0.2) is 0 Å². The van der Waals surface area contributed by atoms with Crippen LogP contribution in [0.4, 0.5) is 11.4 Å². The van der Waals surface area contributed by atoms with E-state index in [9.17, 15) is 4.91 Å². The summed E-state index contributed by atoms with van der Waals surface area (Å²) in [5.74, 6) is -0.209. The summed E-state index contributed by atoms with van der Waals surface area (Å²) < 4.78 is 0. The van der Waals surface area contributed by atoms with E-state index in [1.165, 1.54) is 18.2 Å². The number of nitrogens with zero attached hydrogens (tertiary/aromatic N) is 1. The van der Waals surface area contributed by atoms with Crippen molar-refractivity contribution in [2.75, 3.05) is 5.48 Å². The van der Waals surface area contributed by atoms with Crippen molar-refractivity contribution in [3.05, 3.63) is 23.1 Å². The Morgan fingerprint density at radius 3 is 2.73 bits per heavy atom. The normalized spacial score (nSPS) is 9.18. The van der Waals surface area contributed by atoms with Crippen LogP contribution in [-0.4, -0.2) is 10.3 Å². The Morgan fingerprint density at radius 2 is 2.18 bits per heavy atom.